The van der Waals surface area contributed by atoms with Crippen LogP contribution in [0.4, 0.5) is 4.79 Å². The summed E-state index contributed by atoms with van der Waals surface area (Å²) in [5, 5.41) is 6.08. The van der Waals surface area contributed by atoms with Crippen molar-refractivity contribution in [2.75, 3.05) is 20.8 Å². The van der Waals surface area contributed by atoms with E-state index in [0.717, 1.165) is 0 Å². The summed E-state index contributed by atoms with van der Waals surface area (Å²) in [4.78, 5) is 60.9. The largest absolute Gasteiger partial charge is 0.497 e. The van der Waals surface area contributed by atoms with Crippen molar-refractivity contribution in [1.29, 1.82) is 0 Å². The Kier molecular flexibility index (Phi) is 11.7. The molecule has 1 saturated heterocycles. The zero-order valence-corrected chi connectivity index (χ0v) is 31.7. The van der Waals surface area contributed by atoms with Crippen molar-refractivity contribution in [3.8, 4) is 17.4 Å². The minimum absolute atomic E-state index is 0. The minimum Gasteiger partial charge on any atom is -0.497 e. The summed E-state index contributed by atoms with van der Waals surface area (Å²) in [7, 11) is -0.848. The van der Waals surface area contributed by atoms with Crippen LogP contribution in [-0.4, -0.2) is 97.5 Å². The number of rotatable bonds is 12. The molecule has 5 atom stereocenters. The van der Waals surface area contributed by atoms with E-state index >= 15 is 0 Å². The average Bonchev–Trinajstić information content (AvgIpc) is 3.98. The van der Waals surface area contributed by atoms with Crippen molar-refractivity contribution < 1.29 is 46.5 Å². The highest BCUT2D eigenvalue weighted by Gasteiger charge is 2.62. The number of sulfonamides is 1. The van der Waals surface area contributed by atoms with Gasteiger partial charge in [0.1, 0.15) is 40.8 Å². The van der Waals surface area contributed by atoms with Crippen molar-refractivity contribution in [3.63, 3.8) is 0 Å². The number of nitrogens with zero attached hydrogens (tertiary/aromatic N) is 2. The fraction of sp³-hybridized carbons (Fsp3) is 0.595. The molecule has 2 aliphatic carbocycles. The number of hydrogen-bond acceptors (Lipinski definition) is 11. The van der Waals surface area contributed by atoms with Gasteiger partial charge in [0.2, 0.25) is 27.7 Å². The maximum absolute atomic E-state index is 14.5. The molecule has 2 aromatic rings. The molecule has 15 nitrogen and oxygen atoms in total. The molecule has 1 aromatic heterocycles. The van der Waals surface area contributed by atoms with Crippen molar-refractivity contribution in [3.05, 3.63) is 37.1 Å². The topological polar surface area (TPSA) is 192 Å². The molecule has 53 heavy (non-hydrogen) atoms. The van der Waals surface area contributed by atoms with Gasteiger partial charge in [-0.2, -0.15) is 0 Å². The van der Waals surface area contributed by atoms with Crippen LogP contribution in [-0.2, 0) is 29.1 Å². The van der Waals surface area contributed by atoms with Gasteiger partial charge >= 0.3 is 6.09 Å². The van der Waals surface area contributed by atoms with Crippen molar-refractivity contribution >= 4 is 44.6 Å². The van der Waals surface area contributed by atoms with Crippen LogP contribution in [0.25, 0.3) is 10.8 Å². The average molecular weight is 760 g/mol. The highest BCUT2D eigenvalue weighted by molar-refractivity contribution is 7.91. The summed E-state index contributed by atoms with van der Waals surface area (Å²) >= 11 is 0. The summed E-state index contributed by atoms with van der Waals surface area (Å²) in [6, 6.07) is 2.98. The predicted octanol–water partition coefficient (Wildman–Crippen LogP) is 3.85. The molecule has 292 valence electrons. The molecule has 2 heterocycles. The van der Waals surface area contributed by atoms with Gasteiger partial charge in [-0.05, 0) is 63.6 Å². The summed E-state index contributed by atoms with van der Waals surface area (Å²) in [6.07, 6.45) is 2.44. The summed E-state index contributed by atoms with van der Waals surface area (Å²) in [5.41, 5.74) is -3.24. The van der Waals surface area contributed by atoms with Gasteiger partial charge in [-0.3, -0.25) is 19.1 Å². The smallest absolute Gasteiger partial charge is 0.408 e. The van der Waals surface area contributed by atoms with E-state index in [1.807, 2.05) is 0 Å². The highest BCUT2D eigenvalue weighted by Crippen LogP contribution is 2.46. The summed E-state index contributed by atoms with van der Waals surface area (Å²) < 4.78 is 50.3. The number of carbonyl (C=O) groups excluding carboxylic acids is 4. The van der Waals surface area contributed by atoms with E-state index in [0.29, 0.717) is 35.1 Å². The van der Waals surface area contributed by atoms with E-state index < -0.39 is 79.7 Å². The molecule has 3 N–H and O–H groups in total. The normalized spacial score (nSPS) is 23.2. The summed E-state index contributed by atoms with van der Waals surface area (Å²) in [5.74, 6) is -1.36. The van der Waals surface area contributed by atoms with Crippen LogP contribution in [0.2, 0.25) is 0 Å². The third-order valence-electron chi connectivity index (χ3n) is 9.39. The number of alkyl carbamates (subject to hydrolysis) is 1. The second-order valence-electron chi connectivity index (χ2n) is 15.7. The third kappa shape index (κ3) is 8.96. The monoisotopic (exact) mass is 759 g/mol. The lowest BCUT2D eigenvalue weighted by Crippen LogP contribution is -2.60. The minimum atomic E-state index is -3.91. The number of benzene rings is 1. The lowest BCUT2D eigenvalue weighted by molar-refractivity contribution is -0.143. The molecule has 1 aliphatic heterocycles. The second-order valence-corrected chi connectivity index (χ2v) is 17.6. The van der Waals surface area contributed by atoms with E-state index in [4.69, 9.17) is 18.9 Å². The molecule has 3 fully saturated rings. The molecule has 0 unspecified atom stereocenters. The van der Waals surface area contributed by atoms with E-state index in [1.54, 1.807) is 66.9 Å². The van der Waals surface area contributed by atoms with E-state index in [9.17, 15) is 27.6 Å². The maximum Gasteiger partial charge on any atom is 0.408 e. The number of hydrogen-bond donors (Lipinski definition) is 3. The number of ether oxygens (including phenoxy) is 4. The van der Waals surface area contributed by atoms with Crippen LogP contribution >= 0.6 is 0 Å². The number of pyridine rings is 1. The van der Waals surface area contributed by atoms with Gasteiger partial charge in [0.15, 0.2) is 0 Å². The molecular formula is C37H53N5O10S. The first-order chi connectivity index (χ1) is 24.2. The first kappa shape index (κ1) is 41.2. The number of aromatic nitrogens is 1. The highest BCUT2D eigenvalue weighted by atomic mass is 32.2. The van der Waals surface area contributed by atoms with E-state index in [-0.39, 0.29) is 32.7 Å². The molecule has 2 saturated carbocycles. The molecular weight excluding hydrogens is 706 g/mol. The Hall–Kier alpha value is -4.60. The Morgan fingerprint density at radius 3 is 2.28 bits per heavy atom. The van der Waals surface area contributed by atoms with E-state index in [1.165, 1.54) is 24.3 Å². The molecule has 3 aliphatic rings. The van der Waals surface area contributed by atoms with Gasteiger partial charge in [-0.1, -0.05) is 34.3 Å². The SMILES string of the molecule is C.C=C[C@@H]1C[C@]1(NC(=O)[C@@H]1C[C@@H](Oc2ncc(OC)c3cc(OC)ccc23)CN1C(=O)[C@@H](NC(=O)OC(C)(C)C)C(C)(C)C)C(=O)NS(=O)(=O)C1CC1. The number of likely N-dealkylation sites (tertiary alicyclic amines) is 1. The van der Waals surface area contributed by atoms with Crippen LogP contribution in [0.5, 0.6) is 17.4 Å². The molecule has 0 bridgehead atoms. The quantitative estimate of drug-likeness (QED) is 0.267. The Balaban J connectivity index is 0.00000627. The number of nitrogens with one attached hydrogen (secondary N) is 3. The first-order valence-electron chi connectivity index (χ1n) is 17.2. The Labute approximate surface area is 311 Å². The van der Waals surface area contributed by atoms with Crippen molar-refractivity contribution in [2.24, 2.45) is 11.3 Å². The van der Waals surface area contributed by atoms with Crippen LogP contribution < -0.4 is 29.6 Å². The zero-order valence-electron chi connectivity index (χ0n) is 30.9. The Morgan fingerprint density at radius 2 is 1.74 bits per heavy atom. The number of carbonyl (C=O) groups is 4. The molecule has 4 amide bonds. The third-order valence-corrected chi connectivity index (χ3v) is 11.2. The molecule has 16 heteroatoms. The van der Waals surface area contributed by atoms with Crippen LogP contribution in [0.3, 0.4) is 0 Å². The predicted molar refractivity (Wildman–Crippen MR) is 198 cm³/mol. The van der Waals surface area contributed by atoms with Crippen LogP contribution in [0.1, 0.15) is 74.7 Å². The molecule has 0 radical (unpaired) electrons. The van der Waals surface area contributed by atoms with Crippen molar-refractivity contribution in [2.45, 2.75) is 109 Å². The lowest BCUT2D eigenvalue weighted by Gasteiger charge is -2.36. The number of amides is 4. The standard InChI is InChI=1S/C36H49N5O10S.CH4/c1-10-20-17-36(20,32(44)40-52(46,47)23-12-13-23)39-29(42)26-16-22(50-30-24-14-11-21(48-8)15-25(24)27(49-9)18-37-30)19-41(26)31(43)28(34(2,3)4)38-33(45)51-35(5,6)7;/h10-11,14-15,18,20,22-23,26,28H,1,12-13,16-17,19H2,2-9H3,(H,38,45)(H,39,42)(H,40,44);1H4/t20-,22-,26+,28-,36-;/m1./s1. The first-order valence-corrected chi connectivity index (χ1v) is 18.8. The molecule has 1 aromatic carbocycles. The second kappa shape index (κ2) is 15.0. The summed E-state index contributed by atoms with van der Waals surface area (Å²) in [6.45, 7) is 14.1. The Bertz CT molecular complexity index is 1870. The fourth-order valence-corrected chi connectivity index (χ4v) is 7.71. The van der Waals surface area contributed by atoms with Gasteiger partial charge in [0.05, 0.1) is 32.2 Å². The van der Waals surface area contributed by atoms with E-state index in [2.05, 4.69) is 26.9 Å². The lowest BCUT2D eigenvalue weighted by atomic mass is 9.85. The van der Waals surface area contributed by atoms with Gasteiger partial charge in [-0.25, -0.2) is 18.2 Å². The number of fused-ring (bicyclic) bond motifs is 1. The maximum atomic E-state index is 14.5. The van der Waals surface area contributed by atoms with Gasteiger partial charge in [-0.15, -0.1) is 6.58 Å². The molecule has 0 spiro atoms. The van der Waals surface area contributed by atoms with Crippen molar-refractivity contribution in [1.82, 2.24) is 25.2 Å². The van der Waals surface area contributed by atoms with Crippen LogP contribution in [0, 0.1) is 11.3 Å². The van der Waals surface area contributed by atoms with Gasteiger partial charge in [0, 0.05) is 23.1 Å². The zero-order chi connectivity index (χ0) is 38.4. The Morgan fingerprint density at radius 1 is 1.06 bits per heavy atom. The number of methoxy groups -OCH3 is 2. The molecule has 5 rings (SSSR count). The van der Waals surface area contributed by atoms with Crippen LogP contribution in [0.15, 0.2) is 37.1 Å². The fourth-order valence-electron chi connectivity index (χ4n) is 6.35. The van der Waals surface area contributed by atoms with Gasteiger partial charge in [0.25, 0.3) is 5.91 Å². The van der Waals surface area contributed by atoms with Gasteiger partial charge < -0.3 is 34.5 Å².